The Morgan fingerprint density at radius 1 is 0.973 bits per heavy atom. The summed E-state index contributed by atoms with van der Waals surface area (Å²) < 4.78 is 5.49. The van der Waals surface area contributed by atoms with Crippen LogP contribution in [-0.4, -0.2) is 64.7 Å². The minimum absolute atomic E-state index is 0.0762. The molecule has 7 nitrogen and oxygen atoms in total. The molecule has 0 unspecified atom stereocenters. The molecule has 2 heterocycles. The van der Waals surface area contributed by atoms with Crippen LogP contribution in [-0.2, 0) is 9.53 Å². The molecule has 0 radical (unpaired) electrons. The number of hydrogen-bond acceptors (Lipinski definition) is 4. The third-order valence-electron chi connectivity index (χ3n) is 8.06. The first-order valence-corrected chi connectivity index (χ1v) is 13.2. The van der Waals surface area contributed by atoms with Gasteiger partial charge in [-0.3, -0.25) is 4.79 Å². The van der Waals surface area contributed by atoms with E-state index in [4.69, 9.17) is 4.74 Å². The van der Waals surface area contributed by atoms with Crippen molar-refractivity contribution in [3.05, 3.63) is 53.1 Å². The normalized spacial score (nSPS) is 24.1. The second-order valence-electron chi connectivity index (χ2n) is 12.5. The van der Waals surface area contributed by atoms with E-state index in [1.807, 2.05) is 37.8 Å². The summed E-state index contributed by atoms with van der Waals surface area (Å²) in [5, 5.41) is 9.24. The highest BCUT2D eigenvalue weighted by atomic mass is 16.6. The second kappa shape index (κ2) is 9.66. The zero-order valence-electron chi connectivity index (χ0n) is 23.0. The van der Waals surface area contributed by atoms with Crippen LogP contribution in [0.4, 0.5) is 4.79 Å². The van der Waals surface area contributed by atoms with E-state index in [-0.39, 0.29) is 34.3 Å². The molecule has 2 amide bonds. The van der Waals surface area contributed by atoms with Crippen molar-refractivity contribution in [2.24, 2.45) is 16.7 Å². The molecular weight excluding hydrogens is 468 g/mol. The molecule has 0 saturated carbocycles. The number of carbonyl (C=O) groups is 3. The molecule has 7 heteroatoms. The lowest BCUT2D eigenvalue weighted by molar-refractivity contribution is -0.138. The average molecular weight is 509 g/mol. The Labute approximate surface area is 220 Å². The van der Waals surface area contributed by atoms with Crippen LogP contribution in [0.3, 0.4) is 0 Å². The fraction of sp³-hybridized carbons (Fsp3) is 0.567. The minimum Gasteiger partial charge on any atom is -0.478 e. The highest BCUT2D eigenvalue weighted by Gasteiger charge is 2.47. The van der Waals surface area contributed by atoms with E-state index in [2.05, 4.69) is 32.9 Å². The van der Waals surface area contributed by atoms with Gasteiger partial charge < -0.3 is 19.6 Å². The summed E-state index contributed by atoms with van der Waals surface area (Å²) >= 11 is 0. The van der Waals surface area contributed by atoms with E-state index in [0.29, 0.717) is 39.0 Å². The number of rotatable bonds is 3. The number of aromatic carboxylic acids is 1. The van der Waals surface area contributed by atoms with Crippen molar-refractivity contribution < 1.29 is 24.2 Å². The molecule has 1 atom stereocenters. The van der Waals surface area contributed by atoms with E-state index in [1.165, 1.54) is 11.1 Å². The van der Waals surface area contributed by atoms with E-state index in [1.54, 1.807) is 17.0 Å². The summed E-state index contributed by atoms with van der Waals surface area (Å²) in [5.41, 5.74) is 2.94. The molecule has 1 N–H and O–H groups in total. The van der Waals surface area contributed by atoms with E-state index in [0.717, 1.165) is 12.0 Å². The molecule has 1 aromatic carbocycles. The van der Waals surface area contributed by atoms with Crippen molar-refractivity contribution in [1.82, 2.24) is 9.80 Å². The van der Waals surface area contributed by atoms with Gasteiger partial charge in [0.05, 0.1) is 5.56 Å². The van der Waals surface area contributed by atoms with Gasteiger partial charge >= 0.3 is 12.1 Å². The molecule has 0 bridgehead atoms. The van der Waals surface area contributed by atoms with Crippen molar-refractivity contribution in [3.63, 3.8) is 0 Å². The van der Waals surface area contributed by atoms with Gasteiger partial charge in [0.1, 0.15) is 5.60 Å². The van der Waals surface area contributed by atoms with E-state index >= 15 is 0 Å². The maximum absolute atomic E-state index is 13.5. The fourth-order valence-electron chi connectivity index (χ4n) is 6.26. The molecule has 4 rings (SSSR count). The summed E-state index contributed by atoms with van der Waals surface area (Å²) in [6, 6.07) is 7.10. The number of likely N-dealkylation sites (tertiary alicyclic amines) is 1. The van der Waals surface area contributed by atoms with Gasteiger partial charge in [0.25, 0.3) is 0 Å². The lowest BCUT2D eigenvalue weighted by Crippen LogP contribution is -2.51. The maximum Gasteiger partial charge on any atom is 0.410 e. The van der Waals surface area contributed by atoms with Crippen molar-refractivity contribution in [3.8, 4) is 0 Å². The van der Waals surface area contributed by atoms with Crippen LogP contribution in [0.25, 0.3) is 5.57 Å². The van der Waals surface area contributed by atoms with Gasteiger partial charge in [-0.2, -0.15) is 0 Å². The SMILES string of the molecule is CC(C)(C)OC(=O)N1CCC(C(=O)N2CC=C3C(C)(C)C(c4ccc(C(=O)O)cc4)=CC[C@]3(C)C2)CC1. The summed E-state index contributed by atoms with van der Waals surface area (Å²) in [6.07, 6.45) is 6.32. The van der Waals surface area contributed by atoms with Gasteiger partial charge in [-0.25, -0.2) is 9.59 Å². The largest absolute Gasteiger partial charge is 0.478 e. The van der Waals surface area contributed by atoms with Gasteiger partial charge in [0.2, 0.25) is 5.91 Å². The number of fused-ring (bicyclic) bond motifs is 1. The van der Waals surface area contributed by atoms with E-state index < -0.39 is 11.6 Å². The van der Waals surface area contributed by atoms with Crippen LogP contribution in [0.2, 0.25) is 0 Å². The quantitative estimate of drug-likeness (QED) is 0.536. The number of piperidine rings is 1. The molecule has 1 saturated heterocycles. The van der Waals surface area contributed by atoms with Crippen LogP contribution in [0, 0.1) is 16.7 Å². The topological polar surface area (TPSA) is 87.2 Å². The lowest BCUT2D eigenvalue weighted by atomic mass is 9.58. The molecule has 0 aromatic heterocycles. The molecule has 200 valence electrons. The van der Waals surface area contributed by atoms with E-state index in [9.17, 15) is 19.5 Å². The Balaban J connectivity index is 1.44. The molecular formula is C30H40N2O5. The highest BCUT2D eigenvalue weighted by molar-refractivity contribution is 5.88. The summed E-state index contributed by atoms with van der Waals surface area (Å²) in [7, 11) is 0. The van der Waals surface area contributed by atoms with Crippen LogP contribution < -0.4 is 0 Å². The first-order chi connectivity index (χ1) is 17.2. The highest BCUT2D eigenvalue weighted by Crippen LogP contribution is 2.55. The number of amides is 2. The van der Waals surface area contributed by atoms with Crippen LogP contribution in [0.5, 0.6) is 0 Å². The number of allylic oxidation sites excluding steroid dienone is 2. The number of carbonyl (C=O) groups excluding carboxylic acids is 2. The standard InChI is InChI=1S/C30H40N2O5/c1-28(2,3)37-27(36)31-16-12-21(13-17-31)25(33)32-18-14-24-29(4,5)23(11-15-30(24,6)19-32)20-7-9-22(10-8-20)26(34)35/h7-11,14,21H,12-13,15-19H2,1-6H3,(H,34,35)/t30-/m1/s1. The smallest absolute Gasteiger partial charge is 0.410 e. The van der Waals surface area contributed by atoms with Gasteiger partial charge in [-0.15, -0.1) is 0 Å². The zero-order chi connectivity index (χ0) is 27.2. The van der Waals surface area contributed by atoms with Crippen molar-refractivity contribution >= 4 is 23.5 Å². The van der Waals surface area contributed by atoms with Crippen molar-refractivity contribution in [1.29, 1.82) is 0 Å². The Morgan fingerprint density at radius 3 is 2.16 bits per heavy atom. The van der Waals surface area contributed by atoms with Crippen LogP contribution in [0.1, 0.15) is 76.7 Å². The van der Waals surface area contributed by atoms with Crippen molar-refractivity contribution in [2.45, 2.75) is 66.4 Å². The predicted molar refractivity (Wildman–Crippen MR) is 143 cm³/mol. The summed E-state index contributed by atoms with van der Waals surface area (Å²) in [6.45, 7) is 14.6. The number of carboxylic acids is 1. The van der Waals surface area contributed by atoms with Gasteiger partial charge in [0, 0.05) is 42.9 Å². The fourth-order valence-corrected chi connectivity index (χ4v) is 6.26. The maximum atomic E-state index is 13.5. The Bertz CT molecular complexity index is 1130. The van der Waals surface area contributed by atoms with Gasteiger partial charge in [-0.1, -0.05) is 50.6 Å². The average Bonchev–Trinajstić information content (AvgIpc) is 2.82. The Hall–Kier alpha value is -3.09. The monoisotopic (exact) mass is 508 g/mol. The van der Waals surface area contributed by atoms with Gasteiger partial charge in [0.15, 0.2) is 0 Å². The predicted octanol–water partition coefficient (Wildman–Crippen LogP) is 5.62. The molecule has 1 aliphatic carbocycles. The number of benzene rings is 1. The first-order valence-electron chi connectivity index (χ1n) is 13.2. The number of hydrogen-bond donors (Lipinski definition) is 1. The lowest BCUT2D eigenvalue weighted by Gasteiger charge is -2.51. The molecule has 1 aromatic rings. The van der Waals surface area contributed by atoms with Crippen molar-refractivity contribution in [2.75, 3.05) is 26.2 Å². The zero-order valence-corrected chi connectivity index (χ0v) is 23.0. The summed E-state index contributed by atoms with van der Waals surface area (Å²) in [4.78, 5) is 40.9. The van der Waals surface area contributed by atoms with Crippen LogP contribution in [0.15, 0.2) is 42.0 Å². The van der Waals surface area contributed by atoms with Crippen LogP contribution >= 0.6 is 0 Å². The Morgan fingerprint density at radius 2 is 1.59 bits per heavy atom. The number of carboxylic acid groups (broad SMARTS) is 1. The molecule has 1 fully saturated rings. The molecule has 3 aliphatic rings. The number of nitrogens with zero attached hydrogens (tertiary/aromatic N) is 2. The molecule has 2 aliphatic heterocycles. The Kier molecular flexibility index (Phi) is 7.04. The number of ether oxygens (including phenoxy) is 1. The third-order valence-corrected chi connectivity index (χ3v) is 8.06. The molecule has 37 heavy (non-hydrogen) atoms. The first kappa shape index (κ1) is 27.0. The molecule has 0 spiro atoms. The third kappa shape index (κ3) is 5.46. The second-order valence-corrected chi connectivity index (χ2v) is 12.5. The summed E-state index contributed by atoms with van der Waals surface area (Å²) in [5.74, 6) is -0.823. The minimum atomic E-state index is -0.925. The van der Waals surface area contributed by atoms with Gasteiger partial charge in [-0.05, 0) is 63.3 Å².